The van der Waals surface area contributed by atoms with Crippen molar-refractivity contribution in [3.05, 3.63) is 56.7 Å². The highest BCUT2D eigenvalue weighted by molar-refractivity contribution is 9.10. The smallest absolute Gasteiger partial charge is 0.337 e. The molecule has 110 valence electrons. The second-order valence-corrected chi connectivity index (χ2v) is 6.00. The summed E-state index contributed by atoms with van der Waals surface area (Å²) >= 11 is 3.44. The highest BCUT2D eigenvalue weighted by atomic mass is 79.9. The van der Waals surface area contributed by atoms with Gasteiger partial charge in [0.15, 0.2) is 0 Å². The topological polar surface area (TPSA) is 53.2 Å². The maximum absolute atomic E-state index is 12.2. The van der Waals surface area contributed by atoms with E-state index in [4.69, 9.17) is 0 Å². The fourth-order valence-corrected chi connectivity index (χ4v) is 2.79. The van der Waals surface area contributed by atoms with Crippen molar-refractivity contribution >= 4 is 21.9 Å². The van der Waals surface area contributed by atoms with Crippen molar-refractivity contribution in [2.45, 2.75) is 25.4 Å². The molecular formula is C15H15BrN2O3. The number of rotatable bonds is 4. The van der Waals surface area contributed by atoms with Crippen LogP contribution in [0.1, 0.15) is 34.8 Å². The van der Waals surface area contributed by atoms with Crippen molar-refractivity contribution in [2.75, 3.05) is 7.11 Å². The minimum Gasteiger partial charge on any atom is -0.465 e. The predicted molar refractivity (Wildman–Crippen MR) is 81.5 cm³/mol. The van der Waals surface area contributed by atoms with Crippen LogP contribution in [0.5, 0.6) is 0 Å². The Bertz CT molecular complexity index is 744. The highest BCUT2D eigenvalue weighted by Crippen LogP contribution is 2.33. The summed E-state index contributed by atoms with van der Waals surface area (Å²) in [6.07, 6.45) is 5.82. The summed E-state index contributed by atoms with van der Waals surface area (Å²) in [6.45, 7) is 0.473. The number of hydrogen-bond acceptors (Lipinski definition) is 3. The summed E-state index contributed by atoms with van der Waals surface area (Å²) in [5, 5.41) is 0. The number of hydrogen-bond donors (Lipinski definition) is 0. The van der Waals surface area contributed by atoms with E-state index in [0.717, 1.165) is 22.9 Å². The molecule has 3 rings (SSSR count). The molecule has 21 heavy (non-hydrogen) atoms. The molecule has 1 saturated carbocycles. The summed E-state index contributed by atoms with van der Waals surface area (Å²) in [5.74, 6) is -0.376. The second kappa shape index (κ2) is 5.52. The molecule has 5 nitrogen and oxygen atoms in total. The summed E-state index contributed by atoms with van der Waals surface area (Å²) in [4.78, 5) is 23.7. The number of esters is 1. The Balaban J connectivity index is 1.85. The first-order valence-corrected chi connectivity index (χ1v) is 7.53. The lowest BCUT2D eigenvalue weighted by molar-refractivity contribution is 0.0600. The monoisotopic (exact) mass is 350 g/mol. The van der Waals surface area contributed by atoms with Crippen molar-refractivity contribution in [1.29, 1.82) is 0 Å². The Morgan fingerprint density at radius 2 is 2.14 bits per heavy atom. The number of imidazole rings is 1. The number of carbonyl (C=O) groups is 1. The summed E-state index contributed by atoms with van der Waals surface area (Å²) in [7, 11) is 1.35. The molecule has 0 bridgehead atoms. The van der Waals surface area contributed by atoms with Crippen LogP contribution in [0.4, 0.5) is 0 Å². The van der Waals surface area contributed by atoms with Crippen LogP contribution in [0.2, 0.25) is 0 Å². The van der Waals surface area contributed by atoms with Crippen LogP contribution in [0.3, 0.4) is 0 Å². The average molecular weight is 351 g/mol. The standard InChI is InChI=1S/C15H15BrN2O3/c1-21-14(19)10-2-3-11(13(16)8-10)9-17-6-7-18(15(17)20)12-4-5-12/h2-3,6-8,12H,4-5,9H2,1H3. The Morgan fingerprint density at radius 1 is 1.38 bits per heavy atom. The summed E-state index contributed by atoms with van der Waals surface area (Å²) in [5.41, 5.74) is 1.44. The van der Waals surface area contributed by atoms with Gasteiger partial charge in [-0.1, -0.05) is 22.0 Å². The number of aromatic nitrogens is 2. The molecule has 1 aromatic heterocycles. The summed E-state index contributed by atoms with van der Waals surface area (Å²) < 4.78 is 8.94. The zero-order valence-corrected chi connectivity index (χ0v) is 13.2. The average Bonchev–Trinajstić information content (AvgIpc) is 3.26. The van der Waals surface area contributed by atoms with E-state index in [1.807, 2.05) is 12.3 Å². The maximum atomic E-state index is 12.2. The number of methoxy groups -OCH3 is 1. The van der Waals surface area contributed by atoms with Crippen LogP contribution < -0.4 is 5.69 Å². The van der Waals surface area contributed by atoms with Gasteiger partial charge in [0.1, 0.15) is 0 Å². The quantitative estimate of drug-likeness (QED) is 0.796. The Kier molecular flexibility index (Phi) is 3.71. The molecule has 0 N–H and O–H groups in total. The van der Waals surface area contributed by atoms with Gasteiger partial charge in [-0.05, 0) is 30.5 Å². The van der Waals surface area contributed by atoms with Crippen LogP contribution in [0, 0.1) is 0 Å². The third-order valence-corrected chi connectivity index (χ3v) is 4.37. The molecule has 1 heterocycles. The van der Waals surface area contributed by atoms with E-state index in [9.17, 15) is 9.59 Å². The van der Waals surface area contributed by atoms with Crippen molar-refractivity contribution in [3.63, 3.8) is 0 Å². The van der Waals surface area contributed by atoms with Crippen LogP contribution in [-0.4, -0.2) is 22.2 Å². The molecule has 1 aliphatic rings. The fraction of sp³-hybridized carbons (Fsp3) is 0.333. The highest BCUT2D eigenvalue weighted by Gasteiger charge is 2.25. The molecule has 2 aromatic rings. The number of ether oxygens (including phenoxy) is 1. The Labute approximate surface area is 130 Å². The minimum atomic E-state index is -0.376. The van der Waals surface area contributed by atoms with E-state index in [2.05, 4.69) is 20.7 Å². The SMILES string of the molecule is COC(=O)c1ccc(Cn2ccn(C3CC3)c2=O)c(Br)c1. The first-order chi connectivity index (χ1) is 10.1. The first-order valence-electron chi connectivity index (χ1n) is 6.74. The van der Waals surface area contributed by atoms with Crippen LogP contribution in [0.25, 0.3) is 0 Å². The van der Waals surface area contributed by atoms with Gasteiger partial charge in [-0.15, -0.1) is 0 Å². The van der Waals surface area contributed by atoms with E-state index in [-0.39, 0.29) is 11.7 Å². The third-order valence-electron chi connectivity index (χ3n) is 3.63. The Morgan fingerprint density at radius 3 is 2.76 bits per heavy atom. The molecule has 0 atom stereocenters. The maximum Gasteiger partial charge on any atom is 0.337 e. The van der Waals surface area contributed by atoms with Crippen LogP contribution >= 0.6 is 15.9 Å². The molecule has 0 spiro atoms. The normalized spacial score (nSPS) is 14.2. The van der Waals surface area contributed by atoms with Crippen LogP contribution in [-0.2, 0) is 11.3 Å². The van der Waals surface area contributed by atoms with Crippen molar-refractivity contribution in [3.8, 4) is 0 Å². The van der Waals surface area contributed by atoms with E-state index in [1.165, 1.54) is 7.11 Å². The molecule has 0 saturated heterocycles. The molecule has 1 fully saturated rings. The molecule has 0 unspecified atom stereocenters. The Hall–Kier alpha value is -1.82. The molecule has 0 amide bonds. The fourth-order valence-electron chi connectivity index (χ4n) is 2.28. The van der Waals surface area contributed by atoms with Gasteiger partial charge in [0.2, 0.25) is 0 Å². The lowest BCUT2D eigenvalue weighted by Gasteiger charge is -2.07. The van der Waals surface area contributed by atoms with Gasteiger partial charge in [-0.25, -0.2) is 9.59 Å². The van der Waals surface area contributed by atoms with Gasteiger partial charge in [0.05, 0.1) is 19.2 Å². The largest absolute Gasteiger partial charge is 0.465 e. The minimum absolute atomic E-state index is 0.0152. The molecule has 1 aliphatic carbocycles. The van der Waals surface area contributed by atoms with Crippen molar-refractivity contribution in [1.82, 2.24) is 9.13 Å². The van der Waals surface area contributed by atoms with E-state index < -0.39 is 0 Å². The molecule has 0 radical (unpaired) electrons. The molecule has 1 aromatic carbocycles. The first kappa shape index (κ1) is 14.1. The van der Waals surface area contributed by atoms with Crippen molar-refractivity contribution in [2.24, 2.45) is 0 Å². The van der Waals surface area contributed by atoms with E-state index >= 15 is 0 Å². The van der Waals surface area contributed by atoms with Gasteiger partial charge in [-0.2, -0.15) is 0 Å². The zero-order chi connectivity index (χ0) is 15.0. The lowest BCUT2D eigenvalue weighted by Crippen LogP contribution is -2.23. The molecular weight excluding hydrogens is 336 g/mol. The van der Waals surface area contributed by atoms with Gasteiger partial charge in [0.25, 0.3) is 0 Å². The number of halogens is 1. The number of benzene rings is 1. The third kappa shape index (κ3) is 2.81. The van der Waals surface area contributed by atoms with E-state index in [0.29, 0.717) is 18.2 Å². The molecule has 0 aliphatic heterocycles. The number of carbonyl (C=O) groups excluding carboxylic acids is 1. The summed E-state index contributed by atoms with van der Waals surface area (Å²) in [6, 6.07) is 5.62. The van der Waals surface area contributed by atoms with Crippen molar-refractivity contribution < 1.29 is 9.53 Å². The number of nitrogens with zero attached hydrogens (tertiary/aromatic N) is 2. The molecule has 6 heteroatoms. The van der Waals surface area contributed by atoms with Gasteiger partial charge < -0.3 is 4.74 Å². The van der Waals surface area contributed by atoms with Gasteiger partial charge >= 0.3 is 11.7 Å². The van der Waals surface area contributed by atoms with Gasteiger partial charge in [-0.3, -0.25) is 9.13 Å². The van der Waals surface area contributed by atoms with E-state index in [1.54, 1.807) is 27.5 Å². The second-order valence-electron chi connectivity index (χ2n) is 5.14. The lowest BCUT2D eigenvalue weighted by atomic mass is 10.1. The van der Waals surface area contributed by atoms with Gasteiger partial charge in [0, 0.05) is 22.9 Å². The predicted octanol–water partition coefficient (Wildman–Crippen LogP) is 2.58. The zero-order valence-electron chi connectivity index (χ0n) is 11.6. The van der Waals surface area contributed by atoms with Crippen LogP contribution in [0.15, 0.2) is 39.9 Å².